The number of unbranched alkanes of at least 4 members (excludes halogenated alkanes) is 1. The van der Waals surface area contributed by atoms with Crippen LogP contribution in [-0.4, -0.2) is 46.6 Å². The topological polar surface area (TPSA) is 66.8 Å². The van der Waals surface area contributed by atoms with Gasteiger partial charge in [-0.2, -0.15) is 0 Å². The van der Waals surface area contributed by atoms with E-state index in [-0.39, 0.29) is 36.4 Å². The van der Waals surface area contributed by atoms with Crippen LogP contribution in [0.2, 0.25) is 10.0 Å². The van der Waals surface area contributed by atoms with E-state index < -0.39 is 6.10 Å². The van der Waals surface area contributed by atoms with Crippen molar-refractivity contribution in [1.29, 1.82) is 0 Å². The van der Waals surface area contributed by atoms with Crippen LogP contribution in [0.25, 0.3) is 0 Å². The van der Waals surface area contributed by atoms with Gasteiger partial charge in [0.05, 0.1) is 12.7 Å². The molecule has 0 bridgehead atoms. The maximum Gasteiger partial charge on any atom is 0.305 e. The van der Waals surface area contributed by atoms with Gasteiger partial charge in [-0.05, 0) is 55.7 Å². The first kappa shape index (κ1) is 24.8. The van der Waals surface area contributed by atoms with Crippen LogP contribution in [0.15, 0.2) is 35.2 Å². The highest BCUT2D eigenvalue weighted by Gasteiger charge is 2.40. The number of aliphatic hydroxyl groups excluding tert-OH is 2. The first-order valence-corrected chi connectivity index (χ1v) is 11.9. The third-order valence-corrected chi connectivity index (χ3v) is 6.99. The molecule has 4 nitrogen and oxygen atoms in total. The van der Waals surface area contributed by atoms with Crippen LogP contribution >= 0.6 is 46.6 Å². The zero-order valence-corrected chi connectivity index (χ0v) is 19.2. The van der Waals surface area contributed by atoms with Crippen molar-refractivity contribution in [3.05, 3.63) is 40.4 Å². The molecule has 8 heteroatoms. The maximum absolute atomic E-state index is 11.4. The summed E-state index contributed by atoms with van der Waals surface area (Å²) in [5.41, 5.74) is 0. The van der Waals surface area contributed by atoms with Crippen molar-refractivity contribution in [3.8, 4) is 0 Å². The summed E-state index contributed by atoms with van der Waals surface area (Å²) in [5.74, 6) is 0.749. The number of thioether (sulfide) groups is 1. The largest absolute Gasteiger partial charge is 0.463 e. The third-order valence-electron chi connectivity index (χ3n) is 4.93. The van der Waals surface area contributed by atoms with Gasteiger partial charge in [0.25, 0.3) is 0 Å². The summed E-state index contributed by atoms with van der Waals surface area (Å²) in [7, 11) is 0. The average Bonchev–Trinajstić information content (AvgIpc) is 2.93. The van der Waals surface area contributed by atoms with Gasteiger partial charge < -0.3 is 14.9 Å². The minimum atomic E-state index is -0.417. The molecule has 29 heavy (non-hydrogen) atoms. The number of aliphatic hydroxyl groups is 2. The summed E-state index contributed by atoms with van der Waals surface area (Å²) in [5, 5.41) is 20.2. The number of alkyl halides is 1. The van der Waals surface area contributed by atoms with E-state index in [2.05, 4.69) is 12.2 Å². The van der Waals surface area contributed by atoms with Crippen LogP contribution in [0.1, 0.15) is 32.1 Å². The molecule has 0 spiro atoms. The molecule has 2 N–H and O–H groups in total. The van der Waals surface area contributed by atoms with Crippen molar-refractivity contribution in [2.24, 2.45) is 11.8 Å². The molecule has 0 heterocycles. The molecule has 1 aromatic carbocycles. The third kappa shape index (κ3) is 8.68. The van der Waals surface area contributed by atoms with E-state index in [1.54, 1.807) is 17.8 Å². The number of hydrogen-bond acceptors (Lipinski definition) is 5. The van der Waals surface area contributed by atoms with Gasteiger partial charge in [0.1, 0.15) is 6.61 Å². The number of rotatable bonds is 11. The van der Waals surface area contributed by atoms with Crippen LogP contribution in [0, 0.1) is 11.8 Å². The molecule has 1 saturated carbocycles. The second-order valence-corrected chi connectivity index (χ2v) is 9.63. The fourth-order valence-corrected chi connectivity index (χ4v) is 5.86. The second kappa shape index (κ2) is 13.1. The predicted molar refractivity (Wildman–Crippen MR) is 120 cm³/mol. The van der Waals surface area contributed by atoms with Gasteiger partial charge in [0.2, 0.25) is 0 Å². The summed E-state index contributed by atoms with van der Waals surface area (Å²) in [6.07, 6.45) is 6.93. The standard InChI is InChI=1S/C21H27Cl3O4S/c22-14-9-15(23)11-16(10-14)29-13-18-17(19(24)12-20(18)26)5-3-1-2-4-6-21(27)28-8-7-25/h1,3,9-11,17-20,25-26H,2,4-8,12-13H2/b3-1+/t17-,18-,19-,20-/m1/s1. The molecule has 1 aliphatic carbocycles. The van der Waals surface area contributed by atoms with E-state index in [1.807, 2.05) is 12.1 Å². The molecule has 162 valence electrons. The normalized spacial score (nSPS) is 24.3. The quantitative estimate of drug-likeness (QED) is 0.147. The highest BCUT2D eigenvalue weighted by Crippen LogP contribution is 2.41. The summed E-state index contributed by atoms with van der Waals surface area (Å²) in [6, 6.07) is 5.45. The molecule has 1 aromatic rings. The van der Waals surface area contributed by atoms with E-state index in [0.717, 1.165) is 23.5 Å². The fraction of sp³-hybridized carbons (Fsp3) is 0.571. The van der Waals surface area contributed by atoms with Gasteiger partial charge in [-0.15, -0.1) is 23.4 Å². The zero-order chi connectivity index (χ0) is 21.2. The lowest BCUT2D eigenvalue weighted by Gasteiger charge is -2.22. The van der Waals surface area contributed by atoms with Gasteiger partial charge in [-0.1, -0.05) is 35.4 Å². The highest BCUT2D eigenvalue weighted by atomic mass is 35.5. The van der Waals surface area contributed by atoms with Crippen molar-refractivity contribution in [2.75, 3.05) is 19.0 Å². The van der Waals surface area contributed by atoms with Crippen molar-refractivity contribution in [2.45, 2.75) is 48.5 Å². The van der Waals surface area contributed by atoms with Crippen molar-refractivity contribution < 1.29 is 19.7 Å². The number of carbonyl (C=O) groups is 1. The first-order valence-electron chi connectivity index (χ1n) is 9.73. The summed E-state index contributed by atoms with van der Waals surface area (Å²) >= 11 is 20.3. The van der Waals surface area contributed by atoms with E-state index in [0.29, 0.717) is 29.3 Å². The monoisotopic (exact) mass is 480 g/mol. The SMILES string of the molecule is O=C(CCC/C=C/C[C@@H]1[C@@H](CSc2cc(Cl)cc(Cl)c2)[C@H](O)C[C@H]1Cl)OCCO. The lowest BCUT2D eigenvalue weighted by atomic mass is 9.93. The molecule has 0 unspecified atom stereocenters. The molecule has 0 amide bonds. The molecular formula is C21H27Cl3O4S. The van der Waals surface area contributed by atoms with Gasteiger partial charge in [0.15, 0.2) is 0 Å². The number of ether oxygens (including phenoxy) is 1. The van der Waals surface area contributed by atoms with Crippen LogP contribution in [0.4, 0.5) is 0 Å². The number of allylic oxidation sites excluding steroid dienone is 2. The van der Waals surface area contributed by atoms with Crippen molar-refractivity contribution in [3.63, 3.8) is 0 Å². The number of benzene rings is 1. The van der Waals surface area contributed by atoms with E-state index >= 15 is 0 Å². The Morgan fingerprint density at radius 3 is 2.62 bits per heavy atom. The Labute approximate surface area is 191 Å². The van der Waals surface area contributed by atoms with Crippen LogP contribution in [-0.2, 0) is 9.53 Å². The Balaban J connectivity index is 1.79. The fourth-order valence-electron chi connectivity index (χ4n) is 3.46. The Morgan fingerprint density at radius 1 is 1.21 bits per heavy atom. The summed E-state index contributed by atoms with van der Waals surface area (Å²) in [6.45, 7) is -0.0984. The Hall–Kier alpha value is -0.430. The lowest BCUT2D eigenvalue weighted by molar-refractivity contribution is -0.144. The predicted octanol–water partition coefficient (Wildman–Crippen LogP) is 5.34. The highest BCUT2D eigenvalue weighted by molar-refractivity contribution is 7.99. The molecule has 0 aromatic heterocycles. The van der Waals surface area contributed by atoms with Crippen LogP contribution in [0.3, 0.4) is 0 Å². The van der Waals surface area contributed by atoms with Crippen molar-refractivity contribution >= 4 is 52.5 Å². The number of hydrogen-bond donors (Lipinski definition) is 2. The van der Waals surface area contributed by atoms with E-state index in [9.17, 15) is 9.90 Å². The van der Waals surface area contributed by atoms with Gasteiger partial charge >= 0.3 is 5.97 Å². The van der Waals surface area contributed by atoms with Gasteiger partial charge in [-0.3, -0.25) is 4.79 Å². The van der Waals surface area contributed by atoms with Crippen molar-refractivity contribution in [1.82, 2.24) is 0 Å². The van der Waals surface area contributed by atoms with E-state index in [1.165, 1.54) is 0 Å². The van der Waals surface area contributed by atoms with Crippen LogP contribution < -0.4 is 0 Å². The smallest absolute Gasteiger partial charge is 0.305 e. The molecule has 0 saturated heterocycles. The number of esters is 1. The molecule has 2 rings (SSSR count). The lowest BCUT2D eigenvalue weighted by Crippen LogP contribution is -2.22. The Bertz CT molecular complexity index is 666. The van der Waals surface area contributed by atoms with Crippen LogP contribution in [0.5, 0.6) is 0 Å². The molecule has 0 aliphatic heterocycles. The first-order chi connectivity index (χ1) is 13.9. The molecule has 4 atom stereocenters. The summed E-state index contributed by atoms with van der Waals surface area (Å²) < 4.78 is 4.82. The molecule has 0 radical (unpaired) electrons. The Morgan fingerprint density at radius 2 is 1.93 bits per heavy atom. The zero-order valence-electron chi connectivity index (χ0n) is 16.1. The molecule has 1 aliphatic rings. The minimum absolute atomic E-state index is 0.0522. The Kier molecular flexibility index (Phi) is 11.2. The van der Waals surface area contributed by atoms with E-state index in [4.69, 9.17) is 44.6 Å². The maximum atomic E-state index is 11.4. The minimum Gasteiger partial charge on any atom is -0.463 e. The van der Waals surface area contributed by atoms with Gasteiger partial charge in [-0.25, -0.2) is 0 Å². The molecule has 1 fully saturated rings. The molecular weight excluding hydrogens is 455 g/mol. The second-order valence-electron chi connectivity index (χ2n) is 7.11. The summed E-state index contributed by atoms with van der Waals surface area (Å²) in [4.78, 5) is 12.4. The average molecular weight is 482 g/mol. The number of halogens is 3. The number of carbonyl (C=O) groups excluding carboxylic acids is 1. The van der Waals surface area contributed by atoms with Gasteiger partial charge in [0, 0.05) is 32.5 Å².